The zero-order chi connectivity index (χ0) is 14.6. The van der Waals surface area contributed by atoms with Crippen molar-refractivity contribution >= 4 is 10.0 Å². The number of piperidine rings is 1. The zero-order valence-electron chi connectivity index (χ0n) is 12.0. The van der Waals surface area contributed by atoms with Gasteiger partial charge in [0.05, 0.1) is 6.20 Å². The quantitative estimate of drug-likeness (QED) is 0.682. The van der Waals surface area contributed by atoms with Gasteiger partial charge in [0.1, 0.15) is 0 Å². The second-order valence-corrected chi connectivity index (χ2v) is 6.76. The lowest BCUT2D eigenvalue weighted by atomic mass is 10.1. The van der Waals surface area contributed by atoms with Crippen LogP contribution in [0.15, 0.2) is 11.2 Å². The highest BCUT2D eigenvalue weighted by Crippen LogP contribution is 2.15. The Hall–Kier alpha value is -0.960. The molecular formula is C12H23N5O2S. The van der Waals surface area contributed by atoms with Crippen molar-refractivity contribution < 1.29 is 8.42 Å². The van der Waals surface area contributed by atoms with Crippen molar-refractivity contribution in [2.45, 2.75) is 37.4 Å². The number of hydrogen-bond donors (Lipinski definition) is 3. The Morgan fingerprint density at radius 1 is 1.55 bits per heavy atom. The van der Waals surface area contributed by atoms with Crippen LogP contribution >= 0.6 is 0 Å². The van der Waals surface area contributed by atoms with Crippen LogP contribution in [0.2, 0.25) is 0 Å². The van der Waals surface area contributed by atoms with Gasteiger partial charge < -0.3 is 10.2 Å². The van der Waals surface area contributed by atoms with Gasteiger partial charge in [-0.2, -0.15) is 5.10 Å². The molecule has 0 bridgehead atoms. The molecule has 114 valence electrons. The number of aromatic nitrogens is 2. The number of likely N-dealkylation sites (N-methyl/N-ethyl adjacent to an activating group) is 1. The van der Waals surface area contributed by atoms with Gasteiger partial charge in [0.25, 0.3) is 10.0 Å². The van der Waals surface area contributed by atoms with Gasteiger partial charge in [-0.15, -0.1) is 0 Å². The highest BCUT2D eigenvalue weighted by Gasteiger charge is 2.27. The van der Waals surface area contributed by atoms with Crippen molar-refractivity contribution in [2.75, 3.05) is 26.7 Å². The molecule has 1 aromatic rings. The Morgan fingerprint density at radius 3 is 3.05 bits per heavy atom. The second kappa shape index (κ2) is 6.66. The van der Waals surface area contributed by atoms with Crippen molar-refractivity contribution in [2.24, 2.45) is 0 Å². The fraction of sp³-hybridized carbons (Fsp3) is 0.750. The van der Waals surface area contributed by atoms with Crippen LogP contribution in [0.4, 0.5) is 0 Å². The molecule has 0 saturated carbocycles. The smallest absolute Gasteiger partial charge is 0.258 e. The van der Waals surface area contributed by atoms with Crippen molar-refractivity contribution in [3.8, 4) is 0 Å². The van der Waals surface area contributed by atoms with Crippen LogP contribution in [0.1, 0.15) is 25.3 Å². The minimum atomic E-state index is -3.54. The summed E-state index contributed by atoms with van der Waals surface area (Å²) in [5, 5.41) is 9.54. The molecule has 7 nitrogen and oxygen atoms in total. The molecule has 0 radical (unpaired) electrons. The number of aromatic amines is 1. The van der Waals surface area contributed by atoms with Gasteiger partial charge in [0, 0.05) is 24.7 Å². The summed E-state index contributed by atoms with van der Waals surface area (Å²) in [6, 6.07) is -0.0283. The number of rotatable bonds is 6. The predicted octanol–water partition coefficient (Wildman–Crippen LogP) is -0.108. The Bertz CT molecular complexity index is 528. The highest BCUT2D eigenvalue weighted by atomic mass is 32.2. The Kier molecular flexibility index (Phi) is 5.14. The molecule has 3 N–H and O–H groups in total. The number of likely N-dealkylation sites (tertiary alicyclic amines) is 1. The maximum atomic E-state index is 12.4. The van der Waals surface area contributed by atoms with Crippen LogP contribution in [0.3, 0.4) is 0 Å². The van der Waals surface area contributed by atoms with Crippen molar-refractivity contribution in [3.05, 3.63) is 11.8 Å². The lowest BCUT2D eigenvalue weighted by Crippen LogP contribution is -2.47. The topological polar surface area (TPSA) is 90.1 Å². The molecule has 0 aliphatic carbocycles. The fourth-order valence-corrected chi connectivity index (χ4v) is 3.96. The molecule has 0 amide bonds. The van der Waals surface area contributed by atoms with E-state index in [0.29, 0.717) is 12.1 Å². The first-order valence-electron chi connectivity index (χ1n) is 6.98. The van der Waals surface area contributed by atoms with Gasteiger partial charge in [-0.05, 0) is 33.0 Å². The summed E-state index contributed by atoms with van der Waals surface area (Å²) in [5.74, 6) is 0. The van der Waals surface area contributed by atoms with Crippen LogP contribution in [0.25, 0.3) is 0 Å². The van der Waals surface area contributed by atoms with Crippen LogP contribution in [-0.2, 0) is 16.6 Å². The first-order valence-corrected chi connectivity index (χ1v) is 8.46. The first-order chi connectivity index (χ1) is 9.56. The summed E-state index contributed by atoms with van der Waals surface area (Å²) >= 11 is 0. The zero-order valence-corrected chi connectivity index (χ0v) is 12.8. The molecule has 1 fully saturated rings. The number of hydrogen-bond acceptors (Lipinski definition) is 5. The minimum absolute atomic E-state index is 0.0283. The van der Waals surface area contributed by atoms with E-state index in [4.69, 9.17) is 0 Å². The largest absolute Gasteiger partial charge is 0.316 e. The number of nitrogens with one attached hydrogen (secondary N) is 3. The Labute approximate surface area is 120 Å². The van der Waals surface area contributed by atoms with Crippen LogP contribution in [-0.4, -0.2) is 56.2 Å². The van der Waals surface area contributed by atoms with E-state index in [1.54, 1.807) is 13.2 Å². The standard InChI is InChI=1S/C12H23N5O2S/c1-3-17-6-4-5-11(9-17)16-20(18,19)12-10(7-13-2)8-14-15-12/h8,11,13,16H,3-7,9H2,1-2H3,(H,14,15). The lowest BCUT2D eigenvalue weighted by molar-refractivity contribution is 0.211. The molecule has 1 atom stereocenters. The Morgan fingerprint density at radius 2 is 2.35 bits per heavy atom. The molecule has 0 spiro atoms. The summed E-state index contributed by atoms with van der Waals surface area (Å²) < 4.78 is 27.6. The van der Waals surface area contributed by atoms with E-state index >= 15 is 0 Å². The monoisotopic (exact) mass is 301 g/mol. The van der Waals surface area contributed by atoms with Gasteiger partial charge in [-0.3, -0.25) is 5.10 Å². The van der Waals surface area contributed by atoms with E-state index in [9.17, 15) is 8.42 Å². The molecule has 1 unspecified atom stereocenters. The first kappa shape index (κ1) is 15.4. The maximum absolute atomic E-state index is 12.4. The van der Waals surface area contributed by atoms with Gasteiger partial charge in [0.15, 0.2) is 5.03 Å². The summed E-state index contributed by atoms with van der Waals surface area (Å²) in [6.45, 7) is 5.33. The minimum Gasteiger partial charge on any atom is -0.316 e. The summed E-state index contributed by atoms with van der Waals surface area (Å²) in [6.07, 6.45) is 3.45. The van der Waals surface area contributed by atoms with E-state index in [2.05, 4.69) is 32.1 Å². The molecule has 1 aliphatic rings. The summed E-state index contributed by atoms with van der Waals surface area (Å²) in [7, 11) is -1.76. The van der Waals surface area contributed by atoms with Crippen LogP contribution < -0.4 is 10.0 Å². The van der Waals surface area contributed by atoms with Gasteiger partial charge in [-0.25, -0.2) is 13.1 Å². The number of H-pyrrole nitrogens is 1. The third-order valence-electron chi connectivity index (χ3n) is 3.59. The second-order valence-electron chi connectivity index (χ2n) is 5.11. The molecule has 2 rings (SSSR count). The highest BCUT2D eigenvalue weighted by molar-refractivity contribution is 7.89. The van der Waals surface area contributed by atoms with E-state index in [1.807, 2.05) is 0 Å². The third kappa shape index (κ3) is 3.57. The number of nitrogens with zero attached hydrogens (tertiary/aromatic N) is 2. The normalized spacial score (nSPS) is 21.2. The molecule has 1 aromatic heterocycles. The van der Waals surface area contributed by atoms with Crippen molar-refractivity contribution in [1.29, 1.82) is 0 Å². The van der Waals surface area contributed by atoms with Gasteiger partial charge >= 0.3 is 0 Å². The number of sulfonamides is 1. The predicted molar refractivity (Wildman–Crippen MR) is 76.8 cm³/mol. The van der Waals surface area contributed by atoms with Crippen LogP contribution in [0, 0.1) is 0 Å². The summed E-state index contributed by atoms with van der Waals surface area (Å²) in [4.78, 5) is 2.26. The maximum Gasteiger partial charge on any atom is 0.258 e. The molecule has 1 aliphatic heterocycles. The Balaban J connectivity index is 2.08. The van der Waals surface area contributed by atoms with E-state index < -0.39 is 10.0 Å². The molecule has 20 heavy (non-hydrogen) atoms. The fourth-order valence-electron chi connectivity index (χ4n) is 2.57. The van der Waals surface area contributed by atoms with E-state index in [1.165, 1.54) is 0 Å². The van der Waals surface area contributed by atoms with Gasteiger partial charge in [0.2, 0.25) is 0 Å². The average molecular weight is 301 g/mol. The molecule has 1 saturated heterocycles. The van der Waals surface area contributed by atoms with E-state index in [0.717, 1.165) is 32.5 Å². The SMILES string of the molecule is CCN1CCCC(NS(=O)(=O)c2[nH]ncc2CNC)C1. The third-order valence-corrected chi connectivity index (χ3v) is 5.12. The van der Waals surface area contributed by atoms with E-state index in [-0.39, 0.29) is 11.1 Å². The average Bonchev–Trinajstić information content (AvgIpc) is 2.88. The van der Waals surface area contributed by atoms with Gasteiger partial charge in [-0.1, -0.05) is 6.92 Å². The van der Waals surface area contributed by atoms with Crippen molar-refractivity contribution in [1.82, 2.24) is 25.1 Å². The molecule has 0 aromatic carbocycles. The molecular weight excluding hydrogens is 278 g/mol. The summed E-state index contributed by atoms with van der Waals surface area (Å²) in [5.41, 5.74) is 0.656. The lowest BCUT2D eigenvalue weighted by Gasteiger charge is -2.31. The van der Waals surface area contributed by atoms with Crippen LogP contribution in [0.5, 0.6) is 0 Å². The van der Waals surface area contributed by atoms with Crippen molar-refractivity contribution in [3.63, 3.8) is 0 Å². The molecule has 2 heterocycles. The molecule has 8 heteroatoms.